The quantitative estimate of drug-likeness (QED) is 0.877. The largest absolute Gasteiger partial charge is 0.361 e. The number of fused-ring (bicyclic) bond motifs is 1. The molecular formula is C23H31N3O2. The van der Waals surface area contributed by atoms with Gasteiger partial charge in [-0.3, -0.25) is 9.59 Å². The molecule has 2 fully saturated rings. The van der Waals surface area contributed by atoms with Crippen LogP contribution < -0.4 is 0 Å². The number of hydrogen-bond acceptors (Lipinski definition) is 2. The van der Waals surface area contributed by atoms with Gasteiger partial charge in [0.05, 0.1) is 6.42 Å². The van der Waals surface area contributed by atoms with Crippen LogP contribution in [0.2, 0.25) is 0 Å². The molecule has 1 unspecified atom stereocenters. The summed E-state index contributed by atoms with van der Waals surface area (Å²) >= 11 is 0. The second-order valence-corrected chi connectivity index (χ2v) is 8.28. The number of carbonyl (C=O) groups excluding carboxylic acids is 2. The Bertz CT molecular complexity index is 835. The molecule has 0 aliphatic carbocycles. The maximum absolute atomic E-state index is 13.0. The summed E-state index contributed by atoms with van der Waals surface area (Å²) in [6.45, 7) is 4.49. The smallest absolute Gasteiger partial charge is 0.227 e. The lowest BCUT2D eigenvalue weighted by Crippen LogP contribution is -2.49. The molecule has 28 heavy (non-hydrogen) atoms. The molecule has 0 bridgehead atoms. The Balaban J connectivity index is 1.33. The first-order valence-electron chi connectivity index (χ1n) is 10.8. The van der Waals surface area contributed by atoms with E-state index in [1.807, 2.05) is 29.3 Å². The number of rotatable bonds is 4. The van der Waals surface area contributed by atoms with Gasteiger partial charge in [0.1, 0.15) is 0 Å². The third-order valence-electron chi connectivity index (χ3n) is 6.59. The summed E-state index contributed by atoms with van der Waals surface area (Å²) in [5, 5.41) is 1.12. The lowest BCUT2D eigenvalue weighted by molar-refractivity contribution is -0.143. The highest BCUT2D eigenvalue weighted by molar-refractivity contribution is 5.89. The standard InChI is InChI=1S/C23H31N3O2/c1-2-19-7-5-6-12-26(19)23(28)17-10-13-25(14-11-17)22(27)15-18-16-24-21-9-4-3-8-20(18)21/h3-4,8-9,16-17,19,24H,2,5-7,10-15H2,1H3. The number of aromatic nitrogens is 1. The van der Waals surface area contributed by atoms with E-state index in [1.54, 1.807) is 0 Å². The van der Waals surface area contributed by atoms with E-state index in [0.29, 0.717) is 31.5 Å². The average Bonchev–Trinajstić information content (AvgIpc) is 3.16. The Morgan fingerprint density at radius 3 is 2.64 bits per heavy atom. The fourth-order valence-corrected chi connectivity index (χ4v) is 4.88. The number of nitrogens with one attached hydrogen (secondary N) is 1. The van der Waals surface area contributed by atoms with E-state index < -0.39 is 0 Å². The third kappa shape index (κ3) is 3.80. The van der Waals surface area contributed by atoms with Crippen molar-refractivity contribution in [3.63, 3.8) is 0 Å². The summed E-state index contributed by atoms with van der Waals surface area (Å²) in [5.41, 5.74) is 2.12. The number of benzene rings is 1. The predicted octanol–water partition coefficient (Wildman–Crippen LogP) is 3.74. The van der Waals surface area contributed by atoms with Crippen LogP contribution in [0.25, 0.3) is 10.9 Å². The second-order valence-electron chi connectivity index (χ2n) is 8.28. The molecule has 1 atom stereocenters. The zero-order chi connectivity index (χ0) is 19.5. The fourth-order valence-electron chi connectivity index (χ4n) is 4.88. The summed E-state index contributed by atoms with van der Waals surface area (Å²) in [7, 11) is 0. The van der Waals surface area contributed by atoms with Crippen molar-refractivity contribution < 1.29 is 9.59 Å². The Morgan fingerprint density at radius 2 is 1.86 bits per heavy atom. The molecule has 2 saturated heterocycles. The molecule has 0 spiro atoms. The molecule has 5 nitrogen and oxygen atoms in total. The normalized spacial score (nSPS) is 21.2. The minimum Gasteiger partial charge on any atom is -0.361 e. The van der Waals surface area contributed by atoms with Crippen LogP contribution in [0.1, 0.15) is 51.0 Å². The molecule has 2 aliphatic heterocycles. The van der Waals surface area contributed by atoms with Crippen molar-refractivity contribution in [2.45, 2.75) is 57.9 Å². The average molecular weight is 382 g/mol. The van der Waals surface area contributed by atoms with Gasteiger partial charge in [-0.2, -0.15) is 0 Å². The number of amides is 2. The van der Waals surface area contributed by atoms with E-state index in [4.69, 9.17) is 0 Å². The van der Waals surface area contributed by atoms with Crippen LogP contribution in [0.15, 0.2) is 30.5 Å². The SMILES string of the molecule is CCC1CCCCN1C(=O)C1CCN(C(=O)Cc2c[nH]c3ccccc23)CC1. The van der Waals surface area contributed by atoms with Gasteiger partial charge in [0, 0.05) is 48.7 Å². The van der Waals surface area contributed by atoms with Crippen LogP contribution in [0.5, 0.6) is 0 Å². The molecule has 2 amide bonds. The van der Waals surface area contributed by atoms with Crippen molar-refractivity contribution in [3.8, 4) is 0 Å². The van der Waals surface area contributed by atoms with Gasteiger partial charge in [-0.05, 0) is 50.2 Å². The van der Waals surface area contributed by atoms with Gasteiger partial charge in [-0.1, -0.05) is 25.1 Å². The Hall–Kier alpha value is -2.30. The summed E-state index contributed by atoms with van der Waals surface area (Å²) in [4.78, 5) is 33.1. The zero-order valence-electron chi connectivity index (χ0n) is 16.8. The third-order valence-corrected chi connectivity index (χ3v) is 6.59. The molecule has 1 N–H and O–H groups in total. The number of piperidine rings is 2. The van der Waals surface area contributed by atoms with Gasteiger partial charge in [0.15, 0.2) is 0 Å². The van der Waals surface area contributed by atoms with E-state index >= 15 is 0 Å². The molecule has 2 aromatic rings. The fraction of sp³-hybridized carbons (Fsp3) is 0.565. The molecule has 0 radical (unpaired) electrons. The molecule has 150 valence electrons. The number of likely N-dealkylation sites (tertiary alicyclic amines) is 2. The van der Waals surface area contributed by atoms with E-state index in [-0.39, 0.29) is 11.8 Å². The molecule has 5 heteroatoms. The number of aromatic amines is 1. The first-order chi connectivity index (χ1) is 13.7. The first kappa shape index (κ1) is 19.0. The summed E-state index contributed by atoms with van der Waals surface area (Å²) in [6, 6.07) is 8.51. The number of nitrogens with zero attached hydrogens (tertiary/aromatic N) is 2. The van der Waals surface area contributed by atoms with Crippen LogP contribution in [-0.4, -0.2) is 52.3 Å². The molecule has 4 rings (SSSR count). The van der Waals surface area contributed by atoms with Gasteiger partial charge in [0.25, 0.3) is 0 Å². The van der Waals surface area contributed by atoms with Crippen LogP contribution in [0, 0.1) is 5.92 Å². The van der Waals surface area contributed by atoms with Crippen molar-refractivity contribution in [2.24, 2.45) is 5.92 Å². The topological polar surface area (TPSA) is 56.4 Å². The number of hydrogen-bond donors (Lipinski definition) is 1. The van der Waals surface area contributed by atoms with Crippen molar-refractivity contribution in [3.05, 3.63) is 36.0 Å². The predicted molar refractivity (Wildman–Crippen MR) is 111 cm³/mol. The van der Waals surface area contributed by atoms with Crippen molar-refractivity contribution in [1.82, 2.24) is 14.8 Å². The lowest BCUT2D eigenvalue weighted by atomic mass is 9.91. The van der Waals surface area contributed by atoms with Crippen molar-refractivity contribution in [2.75, 3.05) is 19.6 Å². The van der Waals surface area contributed by atoms with Crippen LogP contribution in [0.3, 0.4) is 0 Å². The molecule has 1 aromatic heterocycles. The molecule has 3 heterocycles. The van der Waals surface area contributed by atoms with Gasteiger partial charge in [0.2, 0.25) is 11.8 Å². The van der Waals surface area contributed by atoms with Crippen LogP contribution in [0.4, 0.5) is 0 Å². The number of H-pyrrole nitrogens is 1. The van der Waals surface area contributed by atoms with Crippen molar-refractivity contribution >= 4 is 22.7 Å². The summed E-state index contributed by atoms with van der Waals surface area (Å²) in [5.74, 6) is 0.583. The highest BCUT2D eigenvalue weighted by atomic mass is 16.2. The Kier molecular flexibility index (Phi) is 5.69. The second kappa shape index (κ2) is 8.38. The van der Waals surface area contributed by atoms with E-state index in [2.05, 4.69) is 22.9 Å². The van der Waals surface area contributed by atoms with Gasteiger partial charge in [-0.15, -0.1) is 0 Å². The zero-order valence-corrected chi connectivity index (χ0v) is 16.8. The van der Waals surface area contributed by atoms with Crippen molar-refractivity contribution in [1.29, 1.82) is 0 Å². The minimum absolute atomic E-state index is 0.0873. The Morgan fingerprint density at radius 1 is 1.07 bits per heavy atom. The van der Waals surface area contributed by atoms with E-state index in [9.17, 15) is 9.59 Å². The minimum atomic E-state index is 0.0873. The van der Waals surface area contributed by atoms with Gasteiger partial charge < -0.3 is 14.8 Å². The maximum atomic E-state index is 13.0. The number of carbonyl (C=O) groups is 2. The van der Waals surface area contributed by atoms with Gasteiger partial charge in [-0.25, -0.2) is 0 Å². The molecule has 2 aliphatic rings. The number of para-hydroxylation sites is 1. The highest BCUT2D eigenvalue weighted by Crippen LogP contribution is 2.27. The first-order valence-corrected chi connectivity index (χ1v) is 10.8. The molecule has 1 aromatic carbocycles. The van der Waals surface area contributed by atoms with E-state index in [0.717, 1.165) is 55.1 Å². The summed E-state index contributed by atoms with van der Waals surface area (Å²) in [6.07, 6.45) is 8.52. The summed E-state index contributed by atoms with van der Waals surface area (Å²) < 4.78 is 0. The monoisotopic (exact) mass is 381 g/mol. The maximum Gasteiger partial charge on any atom is 0.227 e. The molecule has 0 saturated carbocycles. The highest BCUT2D eigenvalue weighted by Gasteiger charge is 2.33. The lowest BCUT2D eigenvalue weighted by Gasteiger charge is -2.39. The van der Waals surface area contributed by atoms with Crippen LogP contribution in [-0.2, 0) is 16.0 Å². The Labute approximate surface area is 167 Å². The molecular weight excluding hydrogens is 350 g/mol. The van der Waals surface area contributed by atoms with Gasteiger partial charge >= 0.3 is 0 Å². The van der Waals surface area contributed by atoms with Crippen LogP contribution >= 0.6 is 0 Å². The van der Waals surface area contributed by atoms with E-state index in [1.165, 1.54) is 6.42 Å².